The van der Waals surface area contributed by atoms with Crippen LogP contribution < -0.4 is 5.32 Å². The van der Waals surface area contributed by atoms with Crippen molar-refractivity contribution in [2.75, 3.05) is 13.1 Å². The predicted octanol–water partition coefficient (Wildman–Crippen LogP) is 1.82. The first kappa shape index (κ1) is 16.0. The molecule has 1 aromatic carbocycles. The van der Waals surface area contributed by atoms with E-state index in [0.717, 1.165) is 0 Å². The Morgan fingerprint density at radius 2 is 1.79 bits per heavy atom. The minimum Gasteiger partial charge on any atom is -0.508 e. The van der Waals surface area contributed by atoms with E-state index in [1.807, 2.05) is 0 Å². The van der Waals surface area contributed by atoms with Crippen molar-refractivity contribution >= 4 is 11.8 Å². The molecule has 2 aromatic rings. The fraction of sp³-hybridized carbons (Fsp3) is 0.278. The van der Waals surface area contributed by atoms with Crippen LogP contribution in [0.1, 0.15) is 33.6 Å². The zero-order chi connectivity index (χ0) is 16.9. The first-order valence-corrected chi connectivity index (χ1v) is 7.92. The third-order valence-electron chi connectivity index (χ3n) is 4.15. The van der Waals surface area contributed by atoms with Crippen molar-refractivity contribution in [3.8, 4) is 5.75 Å². The smallest absolute Gasteiger partial charge is 0.253 e. The summed E-state index contributed by atoms with van der Waals surface area (Å²) in [6.07, 6.45) is 4.60. The molecular weight excluding hydrogens is 306 g/mol. The van der Waals surface area contributed by atoms with E-state index in [1.165, 1.54) is 12.1 Å². The highest BCUT2D eigenvalue weighted by atomic mass is 16.3. The van der Waals surface area contributed by atoms with Crippen LogP contribution in [0.3, 0.4) is 0 Å². The Morgan fingerprint density at radius 3 is 2.46 bits per heavy atom. The molecule has 124 valence electrons. The van der Waals surface area contributed by atoms with E-state index in [9.17, 15) is 14.7 Å². The van der Waals surface area contributed by atoms with Crippen LogP contribution in [0.4, 0.5) is 0 Å². The molecule has 0 aliphatic carbocycles. The molecule has 1 aliphatic rings. The van der Waals surface area contributed by atoms with Crippen LogP contribution in [0, 0.1) is 0 Å². The van der Waals surface area contributed by atoms with Crippen LogP contribution in [-0.2, 0) is 0 Å². The van der Waals surface area contributed by atoms with Crippen molar-refractivity contribution in [1.29, 1.82) is 0 Å². The zero-order valence-corrected chi connectivity index (χ0v) is 13.2. The number of piperidine rings is 1. The van der Waals surface area contributed by atoms with Crippen molar-refractivity contribution < 1.29 is 14.7 Å². The van der Waals surface area contributed by atoms with E-state index >= 15 is 0 Å². The summed E-state index contributed by atoms with van der Waals surface area (Å²) in [6, 6.07) is 9.77. The standard InChI is InChI=1S/C18H19N3O3/c22-16-3-1-2-14(12-16)18(24)21-10-6-15(7-11-21)20-17(23)13-4-8-19-9-5-13/h1-5,8-9,12,15,22H,6-7,10-11H2,(H,20,23). The average molecular weight is 325 g/mol. The number of rotatable bonds is 3. The normalized spacial score (nSPS) is 15.1. The van der Waals surface area contributed by atoms with E-state index < -0.39 is 0 Å². The summed E-state index contributed by atoms with van der Waals surface area (Å²) in [5, 5.41) is 12.5. The molecule has 2 amide bonds. The number of carbonyl (C=O) groups is 2. The molecule has 6 nitrogen and oxygen atoms in total. The van der Waals surface area contributed by atoms with Crippen molar-refractivity contribution in [3.05, 3.63) is 59.9 Å². The van der Waals surface area contributed by atoms with Crippen molar-refractivity contribution in [2.45, 2.75) is 18.9 Å². The molecule has 0 saturated carbocycles. The lowest BCUT2D eigenvalue weighted by atomic mass is 10.0. The van der Waals surface area contributed by atoms with Crippen molar-refractivity contribution in [2.24, 2.45) is 0 Å². The number of phenolic OH excluding ortho intramolecular Hbond substituents is 1. The van der Waals surface area contributed by atoms with Gasteiger partial charge in [0.1, 0.15) is 5.75 Å². The number of hydrogen-bond donors (Lipinski definition) is 2. The summed E-state index contributed by atoms with van der Waals surface area (Å²) in [6.45, 7) is 1.16. The lowest BCUT2D eigenvalue weighted by Gasteiger charge is -2.32. The van der Waals surface area contributed by atoms with Gasteiger partial charge in [-0.05, 0) is 43.2 Å². The SMILES string of the molecule is O=C(NC1CCN(C(=O)c2cccc(O)c2)CC1)c1ccncc1. The summed E-state index contributed by atoms with van der Waals surface area (Å²) in [7, 11) is 0. The number of aromatic nitrogens is 1. The molecule has 0 atom stereocenters. The number of nitrogens with zero attached hydrogens (tertiary/aromatic N) is 2. The fourth-order valence-electron chi connectivity index (χ4n) is 2.82. The molecule has 0 bridgehead atoms. The van der Waals surface area contributed by atoms with Crippen LogP contribution in [0.5, 0.6) is 5.75 Å². The summed E-state index contributed by atoms with van der Waals surface area (Å²) >= 11 is 0. The number of carbonyl (C=O) groups excluding carboxylic acids is 2. The highest BCUT2D eigenvalue weighted by Gasteiger charge is 2.25. The summed E-state index contributed by atoms with van der Waals surface area (Å²) in [5.41, 5.74) is 1.07. The Bertz CT molecular complexity index is 725. The van der Waals surface area contributed by atoms with E-state index in [2.05, 4.69) is 10.3 Å². The summed E-state index contributed by atoms with van der Waals surface area (Å²) in [5.74, 6) is -0.125. The second-order valence-corrected chi connectivity index (χ2v) is 5.83. The second-order valence-electron chi connectivity index (χ2n) is 5.83. The molecule has 6 heteroatoms. The molecule has 2 heterocycles. The molecule has 2 N–H and O–H groups in total. The lowest BCUT2D eigenvalue weighted by molar-refractivity contribution is 0.0697. The quantitative estimate of drug-likeness (QED) is 0.902. The third kappa shape index (κ3) is 3.71. The first-order valence-electron chi connectivity index (χ1n) is 7.92. The van der Waals surface area contributed by atoms with Crippen LogP contribution in [0.15, 0.2) is 48.8 Å². The number of phenols is 1. The minimum atomic E-state index is -0.116. The molecule has 3 rings (SSSR count). The zero-order valence-electron chi connectivity index (χ0n) is 13.2. The summed E-state index contributed by atoms with van der Waals surface area (Å²) in [4.78, 5) is 30.2. The maximum Gasteiger partial charge on any atom is 0.253 e. The Labute approximate surface area is 140 Å². The molecule has 1 aromatic heterocycles. The number of aromatic hydroxyl groups is 1. The number of amides is 2. The Balaban J connectivity index is 1.54. The molecule has 24 heavy (non-hydrogen) atoms. The van der Waals surface area contributed by atoms with Crippen molar-refractivity contribution in [1.82, 2.24) is 15.2 Å². The number of hydrogen-bond acceptors (Lipinski definition) is 4. The predicted molar refractivity (Wildman–Crippen MR) is 88.7 cm³/mol. The highest BCUT2D eigenvalue weighted by molar-refractivity contribution is 5.95. The topological polar surface area (TPSA) is 82.5 Å². The first-order chi connectivity index (χ1) is 11.6. The van der Waals surface area contributed by atoms with Gasteiger partial charge in [0, 0.05) is 42.7 Å². The van der Waals surface area contributed by atoms with Gasteiger partial charge in [0.25, 0.3) is 11.8 Å². The van der Waals surface area contributed by atoms with Crippen molar-refractivity contribution in [3.63, 3.8) is 0 Å². The number of likely N-dealkylation sites (tertiary alicyclic amines) is 1. The van der Waals surface area contributed by atoms with Gasteiger partial charge in [0.2, 0.25) is 0 Å². The van der Waals surface area contributed by atoms with Gasteiger partial charge in [-0.25, -0.2) is 0 Å². The third-order valence-corrected chi connectivity index (χ3v) is 4.15. The number of pyridine rings is 1. The van der Waals surface area contributed by atoms with Gasteiger partial charge < -0.3 is 15.3 Å². The molecule has 1 fully saturated rings. The molecular formula is C18H19N3O3. The molecule has 0 spiro atoms. The molecule has 0 unspecified atom stereocenters. The second kappa shape index (κ2) is 7.12. The number of nitrogens with one attached hydrogen (secondary N) is 1. The summed E-state index contributed by atoms with van der Waals surface area (Å²) < 4.78 is 0. The van der Waals surface area contributed by atoms with Gasteiger partial charge in [0.15, 0.2) is 0 Å². The van der Waals surface area contributed by atoms with Crippen LogP contribution in [-0.4, -0.2) is 45.9 Å². The highest BCUT2D eigenvalue weighted by Crippen LogP contribution is 2.17. The monoisotopic (exact) mass is 325 g/mol. The Kier molecular flexibility index (Phi) is 4.74. The maximum atomic E-state index is 12.4. The van der Waals surface area contributed by atoms with Gasteiger partial charge in [0.05, 0.1) is 0 Å². The van der Waals surface area contributed by atoms with Crippen LogP contribution >= 0.6 is 0 Å². The average Bonchev–Trinajstić information content (AvgIpc) is 2.62. The van der Waals surface area contributed by atoms with Gasteiger partial charge in [-0.15, -0.1) is 0 Å². The van der Waals surface area contributed by atoms with E-state index in [1.54, 1.807) is 41.6 Å². The minimum absolute atomic E-state index is 0.0545. The maximum absolute atomic E-state index is 12.4. The van der Waals surface area contributed by atoms with Gasteiger partial charge in [-0.3, -0.25) is 14.6 Å². The Morgan fingerprint density at radius 1 is 1.08 bits per heavy atom. The molecule has 1 saturated heterocycles. The van der Waals surface area contributed by atoms with Gasteiger partial charge in [-0.2, -0.15) is 0 Å². The van der Waals surface area contributed by atoms with Crippen LogP contribution in [0.25, 0.3) is 0 Å². The van der Waals surface area contributed by atoms with E-state index in [-0.39, 0.29) is 23.6 Å². The Hall–Kier alpha value is -2.89. The van der Waals surface area contributed by atoms with E-state index in [0.29, 0.717) is 37.1 Å². The molecule has 1 aliphatic heterocycles. The van der Waals surface area contributed by atoms with Gasteiger partial charge >= 0.3 is 0 Å². The van der Waals surface area contributed by atoms with Gasteiger partial charge in [-0.1, -0.05) is 6.07 Å². The van der Waals surface area contributed by atoms with E-state index in [4.69, 9.17) is 0 Å². The van der Waals surface area contributed by atoms with Crippen LogP contribution in [0.2, 0.25) is 0 Å². The lowest BCUT2D eigenvalue weighted by Crippen LogP contribution is -2.46. The fourth-order valence-corrected chi connectivity index (χ4v) is 2.82. The molecule has 0 radical (unpaired) electrons. The number of benzene rings is 1. The largest absolute Gasteiger partial charge is 0.508 e.